The van der Waals surface area contributed by atoms with Crippen LogP contribution in [0, 0.1) is 0 Å². The SMILES string of the molecule is CNc1nc(N)c(C(=O)NC(C)CCN(C)C)s1. The Bertz CT molecular complexity index is 404. The van der Waals surface area contributed by atoms with Crippen molar-refractivity contribution < 1.29 is 4.79 Å². The second kappa shape index (κ2) is 6.55. The van der Waals surface area contributed by atoms with Gasteiger partial charge in [0.15, 0.2) is 5.13 Å². The molecule has 6 nitrogen and oxygen atoms in total. The number of anilines is 2. The van der Waals surface area contributed by atoms with E-state index in [-0.39, 0.29) is 17.8 Å². The highest BCUT2D eigenvalue weighted by Crippen LogP contribution is 2.24. The van der Waals surface area contributed by atoms with E-state index in [9.17, 15) is 4.79 Å². The molecule has 0 aliphatic heterocycles. The van der Waals surface area contributed by atoms with Crippen LogP contribution < -0.4 is 16.4 Å². The van der Waals surface area contributed by atoms with Gasteiger partial charge in [-0.15, -0.1) is 0 Å². The van der Waals surface area contributed by atoms with Crippen molar-refractivity contribution in [3.8, 4) is 0 Å². The average molecular weight is 271 g/mol. The van der Waals surface area contributed by atoms with E-state index < -0.39 is 0 Å². The van der Waals surface area contributed by atoms with Crippen molar-refractivity contribution in [2.75, 3.05) is 38.7 Å². The molecule has 1 amide bonds. The first-order valence-corrected chi connectivity index (χ1v) is 6.65. The van der Waals surface area contributed by atoms with Gasteiger partial charge in [0.25, 0.3) is 5.91 Å². The molecule has 0 aromatic carbocycles. The lowest BCUT2D eigenvalue weighted by molar-refractivity contribution is 0.0941. The molecular weight excluding hydrogens is 250 g/mol. The molecule has 0 saturated carbocycles. The molecule has 0 aliphatic carbocycles. The zero-order valence-corrected chi connectivity index (χ0v) is 12.1. The second-order valence-corrected chi connectivity index (χ2v) is 5.45. The lowest BCUT2D eigenvalue weighted by Gasteiger charge is -2.16. The molecule has 1 rings (SSSR count). The number of hydrogen-bond acceptors (Lipinski definition) is 6. The predicted molar refractivity (Wildman–Crippen MR) is 76.2 cm³/mol. The molecule has 1 unspecified atom stereocenters. The molecule has 0 spiro atoms. The van der Waals surface area contributed by atoms with Gasteiger partial charge in [-0.1, -0.05) is 11.3 Å². The van der Waals surface area contributed by atoms with Gasteiger partial charge in [0.2, 0.25) is 0 Å². The minimum atomic E-state index is -0.155. The van der Waals surface area contributed by atoms with Crippen LogP contribution in [0.2, 0.25) is 0 Å². The minimum Gasteiger partial charge on any atom is -0.382 e. The molecule has 102 valence electrons. The molecule has 1 atom stereocenters. The first-order chi connectivity index (χ1) is 8.43. The van der Waals surface area contributed by atoms with E-state index in [4.69, 9.17) is 5.73 Å². The van der Waals surface area contributed by atoms with E-state index in [2.05, 4.69) is 20.5 Å². The molecule has 0 bridgehead atoms. The summed E-state index contributed by atoms with van der Waals surface area (Å²) < 4.78 is 0. The summed E-state index contributed by atoms with van der Waals surface area (Å²) in [5, 5.41) is 6.46. The van der Waals surface area contributed by atoms with E-state index in [0.29, 0.717) is 10.0 Å². The van der Waals surface area contributed by atoms with Crippen LogP contribution in [0.1, 0.15) is 23.0 Å². The molecule has 7 heteroatoms. The summed E-state index contributed by atoms with van der Waals surface area (Å²) >= 11 is 1.26. The Morgan fingerprint density at radius 1 is 1.56 bits per heavy atom. The van der Waals surface area contributed by atoms with Gasteiger partial charge in [0.05, 0.1) is 0 Å². The standard InChI is InChI=1S/C11H21N5OS/c1-7(5-6-16(3)4)14-10(17)8-9(12)15-11(13-2)18-8/h7H,5-6,12H2,1-4H3,(H,13,15)(H,14,17). The summed E-state index contributed by atoms with van der Waals surface area (Å²) in [4.78, 5) is 18.6. The van der Waals surface area contributed by atoms with Crippen LogP contribution in [0.3, 0.4) is 0 Å². The molecular formula is C11H21N5OS. The van der Waals surface area contributed by atoms with Crippen molar-refractivity contribution in [1.29, 1.82) is 0 Å². The Kier molecular flexibility index (Phi) is 5.36. The van der Waals surface area contributed by atoms with E-state index in [1.807, 2.05) is 21.0 Å². The fourth-order valence-electron chi connectivity index (χ4n) is 1.41. The van der Waals surface area contributed by atoms with Crippen LogP contribution in [0.5, 0.6) is 0 Å². The fourth-order valence-corrected chi connectivity index (χ4v) is 2.16. The summed E-state index contributed by atoms with van der Waals surface area (Å²) in [7, 11) is 5.77. The van der Waals surface area contributed by atoms with Crippen LogP contribution >= 0.6 is 11.3 Å². The molecule has 0 fully saturated rings. The fraction of sp³-hybridized carbons (Fsp3) is 0.636. The van der Waals surface area contributed by atoms with Crippen LogP contribution in [-0.2, 0) is 0 Å². The summed E-state index contributed by atoms with van der Waals surface area (Å²) in [5.74, 6) is 0.124. The van der Waals surface area contributed by atoms with Crippen molar-refractivity contribution in [2.45, 2.75) is 19.4 Å². The Morgan fingerprint density at radius 2 is 2.22 bits per heavy atom. The van der Waals surface area contributed by atoms with Crippen LogP contribution in [0.4, 0.5) is 10.9 Å². The number of nitrogen functional groups attached to an aromatic ring is 1. The zero-order valence-electron chi connectivity index (χ0n) is 11.3. The predicted octanol–water partition coefficient (Wildman–Crippen LogP) is 0.837. The van der Waals surface area contributed by atoms with Gasteiger partial charge in [0.1, 0.15) is 10.7 Å². The monoisotopic (exact) mass is 271 g/mol. The number of aromatic nitrogens is 1. The van der Waals surface area contributed by atoms with Crippen molar-refractivity contribution in [1.82, 2.24) is 15.2 Å². The molecule has 1 aromatic heterocycles. The molecule has 0 saturated heterocycles. The minimum absolute atomic E-state index is 0.111. The normalized spacial score (nSPS) is 12.5. The number of nitrogens with one attached hydrogen (secondary N) is 2. The van der Waals surface area contributed by atoms with Crippen LogP contribution in [0.25, 0.3) is 0 Å². The highest BCUT2D eigenvalue weighted by atomic mass is 32.1. The van der Waals surface area contributed by atoms with Gasteiger partial charge in [-0.05, 0) is 34.0 Å². The first kappa shape index (κ1) is 14.7. The lowest BCUT2D eigenvalue weighted by Crippen LogP contribution is -2.34. The maximum atomic E-state index is 12.0. The number of rotatable bonds is 6. The zero-order chi connectivity index (χ0) is 13.7. The van der Waals surface area contributed by atoms with E-state index in [1.54, 1.807) is 7.05 Å². The van der Waals surface area contributed by atoms with Crippen molar-refractivity contribution >= 4 is 28.2 Å². The molecule has 1 aromatic rings. The third-order valence-electron chi connectivity index (χ3n) is 2.46. The molecule has 0 radical (unpaired) electrons. The lowest BCUT2D eigenvalue weighted by atomic mass is 10.2. The van der Waals surface area contributed by atoms with Gasteiger partial charge >= 0.3 is 0 Å². The highest BCUT2D eigenvalue weighted by molar-refractivity contribution is 7.18. The second-order valence-electron chi connectivity index (χ2n) is 4.45. The topological polar surface area (TPSA) is 83.3 Å². The Hall–Kier alpha value is -1.34. The number of amides is 1. The van der Waals surface area contributed by atoms with E-state index in [0.717, 1.165) is 13.0 Å². The third kappa shape index (κ3) is 4.15. The van der Waals surface area contributed by atoms with Crippen molar-refractivity contribution in [3.63, 3.8) is 0 Å². The van der Waals surface area contributed by atoms with Gasteiger partial charge in [-0.3, -0.25) is 4.79 Å². The van der Waals surface area contributed by atoms with Gasteiger partial charge in [-0.25, -0.2) is 4.98 Å². The van der Waals surface area contributed by atoms with E-state index in [1.165, 1.54) is 11.3 Å². The molecule has 1 heterocycles. The number of hydrogen-bond donors (Lipinski definition) is 3. The summed E-state index contributed by atoms with van der Waals surface area (Å²) in [6, 6.07) is 0.111. The van der Waals surface area contributed by atoms with Gasteiger partial charge < -0.3 is 21.3 Å². The molecule has 18 heavy (non-hydrogen) atoms. The summed E-state index contributed by atoms with van der Waals surface area (Å²) in [6.07, 6.45) is 0.899. The number of carbonyl (C=O) groups is 1. The smallest absolute Gasteiger partial charge is 0.265 e. The largest absolute Gasteiger partial charge is 0.382 e. The molecule has 0 aliphatic rings. The van der Waals surface area contributed by atoms with Crippen molar-refractivity contribution in [3.05, 3.63) is 4.88 Å². The van der Waals surface area contributed by atoms with Crippen molar-refractivity contribution in [2.24, 2.45) is 0 Å². The number of carbonyl (C=O) groups excluding carboxylic acids is 1. The first-order valence-electron chi connectivity index (χ1n) is 5.83. The summed E-state index contributed by atoms with van der Waals surface area (Å²) in [6.45, 7) is 2.92. The van der Waals surface area contributed by atoms with Crippen LogP contribution in [-0.4, -0.2) is 49.5 Å². The Morgan fingerprint density at radius 3 is 2.72 bits per heavy atom. The number of nitrogens with two attached hydrogens (primary N) is 1. The van der Waals surface area contributed by atoms with Gasteiger partial charge in [0, 0.05) is 13.1 Å². The van der Waals surface area contributed by atoms with E-state index >= 15 is 0 Å². The maximum absolute atomic E-state index is 12.0. The number of thiazole rings is 1. The van der Waals surface area contributed by atoms with Gasteiger partial charge in [-0.2, -0.15) is 0 Å². The average Bonchev–Trinajstić information content (AvgIpc) is 2.68. The maximum Gasteiger partial charge on any atom is 0.265 e. The quantitative estimate of drug-likeness (QED) is 0.714. The summed E-state index contributed by atoms with van der Waals surface area (Å²) in [5.41, 5.74) is 5.71. The Balaban J connectivity index is 2.56. The molecule has 4 N–H and O–H groups in total. The van der Waals surface area contributed by atoms with Crippen LogP contribution in [0.15, 0.2) is 0 Å². The highest BCUT2D eigenvalue weighted by Gasteiger charge is 2.17. The number of nitrogens with zero attached hydrogens (tertiary/aromatic N) is 2. The Labute approximate surface area is 112 Å². The third-order valence-corrected chi connectivity index (χ3v) is 3.55.